The molecule has 2 N–H and O–H groups in total. The molecule has 0 bridgehead atoms. The van der Waals surface area contributed by atoms with Gasteiger partial charge in [-0.3, -0.25) is 24.3 Å². The first-order valence-electron chi connectivity index (χ1n) is 16.4. The van der Waals surface area contributed by atoms with Gasteiger partial charge in [0.15, 0.2) is 0 Å². The third kappa shape index (κ3) is 8.38. The molecule has 2 heterocycles. The van der Waals surface area contributed by atoms with Crippen molar-refractivity contribution in [2.24, 2.45) is 5.92 Å². The lowest BCUT2D eigenvalue weighted by Gasteiger charge is -2.22. The number of amides is 2. The second-order valence-corrected chi connectivity index (χ2v) is 12.8. The molecular formula is C38H40N6O7. The Morgan fingerprint density at radius 2 is 1.57 bits per heavy atom. The van der Waals surface area contributed by atoms with Crippen molar-refractivity contribution >= 4 is 23.5 Å². The van der Waals surface area contributed by atoms with Crippen LogP contribution in [-0.2, 0) is 28.1 Å². The third-order valence-corrected chi connectivity index (χ3v) is 8.37. The van der Waals surface area contributed by atoms with E-state index in [0.717, 1.165) is 15.7 Å². The first-order chi connectivity index (χ1) is 24.4. The molecule has 1 atom stereocenters. The highest BCUT2D eigenvalue weighted by atomic mass is 16.5. The Bertz CT molecular complexity index is 2060. The Morgan fingerprint density at radius 1 is 0.922 bits per heavy atom. The number of ether oxygens (including phenoxy) is 2. The molecular weight excluding hydrogens is 652 g/mol. The Hall–Kier alpha value is -6.11. The van der Waals surface area contributed by atoms with Crippen LogP contribution in [0.4, 0.5) is 10.5 Å². The summed E-state index contributed by atoms with van der Waals surface area (Å²) in [5.74, 6) is -0.760. The van der Waals surface area contributed by atoms with Crippen LogP contribution in [0, 0.1) is 12.8 Å². The number of anilines is 1. The molecule has 0 aliphatic carbocycles. The Kier molecular flexibility index (Phi) is 11.1. The van der Waals surface area contributed by atoms with Gasteiger partial charge in [0.05, 0.1) is 24.3 Å². The predicted molar refractivity (Wildman–Crippen MR) is 189 cm³/mol. The van der Waals surface area contributed by atoms with Gasteiger partial charge in [0.1, 0.15) is 30.4 Å². The van der Waals surface area contributed by atoms with Crippen LogP contribution in [0.2, 0.25) is 0 Å². The SMILES string of the molecule is COc1ccc(C(C)(C)c2nnc(C(=O)[C@@H](NC(=O)Cn3c(-c4ccccc4)nc(C)c(NC(=O)OCc4ccccc4)c3=O)C(C)C)o2)cc1. The molecule has 0 spiro atoms. The Labute approximate surface area is 295 Å². The highest BCUT2D eigenvalue weighted by molar-refractivity contribution is 5.98. The number of benzene rings is 3. The van der Waals surface area contributed by atoms with E-state index in [-0.39, 0.29) is 41.5 Å². The maximum atomic E-state index is 13.9. The summed E-state index contributed by atoms with van der Waals surface area (Å²) >= 11 is 0. The first kappa shape index (κ1) is 36.2. The topological polar surface area (TPSA) is 168 Å². The van der Waals surface area contributed by atoms with Crippen LogP contribution < -0.4 is 20.9 Å². The third-order valence-electron chi connectivity index (χ3n) is 8.37. The molecule has 2 amide bonds. The molecule has 2 aromatic heterocycles. The zero-order valence-electron chi connectivity index (χ0n) is 29.3. The number of methoxy groups -OCH3 is 1. The molecule has 264 valence electrons. The fraction of sp³-hybridized carbons (Fsp3) is 0.289. The molecule has 0 aliphatic heterocycles. The van der Waals surface area contributed by atoms with Crippen LogP contribution >= 0.6 is 0 Å². The zero-order chi connectivity index (χ0) is 36.7. The second-order valence-electron chi connectivity index (χ2n) is 12.8. The predicted octanol–water partition coefficient (Wildman–Crippen LogP) is 5.71. The van der Waals surface area contributed by atoms with E-state index in [1.165, 1.54) is 0 Å². The van der Waals surface area contributed by atoms with Crippen LogP contribution in [0.15, 0.2) is 94.1 Å². The molecule has 0 saturated heterocycles. The van der Waals surface area contributed by atoms with Crippen molar-refractivity contribution in [1.82, 2.24) is 25.1 Å². The number of ketones is 1. The average Bonchev–Trinajstić information content (AvgIpc) is 3.65. The van der Waals surface area contributed by atoms with Crippen LogP contribution in [-0.4, -0.2) is 50.7 Å². The number of hydrogen-bond donors (Lipinski definition) is 2. The van der Waals surface area contributed by atoms with Crippen LogP contribution in [0.5, 0.6) is 5.75 Å². The van der Waals surface area contributed by atoms with E-state index in [9.17, 15) is 19.2 Å². The molecule has 0 fully saturated rings. The van der Waals surface area contributed by atoms with E-state index in [4.69, 9.17) is 13.9 Å². The van der Waals surface area contributed by atoms with Gasteiger partial charge in [-0.05, 0) is 49.9 Å². The highest BCUT2D eigenvalue weighted by Crippen LogP contribution is 2.32. The number of hydrogen-bond acceptors (Lipinski definition) is 10. The molecule has 0 aliphatic rings. The normalized spacial score (nSPS) is 11.9. The van der Waals surface area contributed by atoms with Crippen molar-refractivity contribution in [3.63, 3.8) is 0 Å². The van der Waals surface area contributed by atoms with E-state index in [0.29, 0.717) is 11.3 Å². The minimum atomic E-state index is -1.06. The smallest absolute Gasteiger partial charge is 0.412 e. The van der Waals surface area contributed by atoms with Gasteiger partial charge >= 0.3 is 6.09 Å². The lowest BCUT2D eigenvalue weighted by molar-refractivity contribution is -0.122. The molecule has 5 rings (SSSR count). The maximum Gasteiger partial charge on any atom is 0.412 e. The fourth-order valence-electron chi connectivity index (χ4n) is 5.36. The molecule has 0 unspecified atom stereocenters. The van der Waals surface area contributed by atoms with Crippen molar-refractivity contribution in [3.8, 4) is 17.1 Å². The van der Waals surface area contributed by atoms with Crippen LogP contribution in [0.3, 0.4) is 0 Å². The number of carbonyl (C=O) groups is 3. The summed E-state index contributed by atoms with van der Waals surface area (Å²) in [7, 11) is 1.58. The van der Waals surface area contributed by atoms with Gasteiger partial charge in [-0.1, -0.05) is 86.6 Å². The standard InChI is InChI=1S/C38H40N6O7/c1-23(2)30(32(46)34-42-43-36(51-34)38(4,5)27-17-19-28(49-6)20-18-27)40-29(45)21-44-33(26-15-11-8-12-16-26)39-24(3)31(35(44)47)41-37(48)50-22-25-13-9-7-10-14-25/h7-20,23,30H,21-22H2,1-6H3,(H,40,45)(H,41,48)/t30-/m0/s1. The molecule has 3 aromatic carbocycles. The maximum absolute atomic E-state index is 13.9. The van der Waals surface area contributed by atoms with E-state index in [2.05, 4.69) is 25.8 Å². The summed E-state index contributed by atoms with van der Waals surface area (Å²) in [5.41, 5.74) is 0.872. The van der Waals surface area contributed by atoms with Gasteiger partial charge in [0.25, 0.3) is 11.4 Å². The van der Waals surface area contributed by atoms with Crippen molar-refractivity contribution < 1.29 is 28.3 Å². The monoisotopic (exact) mass is 692 g/mol. The minimum Gasteiger partial charge on any atom is -0.497 e. The van der Waals surface area contributed by atoms with Crippen molar-refractivity contribution in [1.29, 1.82) is 0 Å². The van der Waals surface area contributed by atoms with Crippen molar-refractivity contribution in [2.75, 3.05) is 12.4 Å². The number of nitrogens with zero attached hydrogens (tertiary/aromatic N) is 4. The number of aryl methyl sites for hydroxylation is 1. The largest absolute Gasteiger partial charge is 0.497 e. The fourth-order valence-corrected chi connectivity index (χ4v) is 5.36. The van der Waals surface area contributed by atoms with E-state index < -0.39 is 41.3 Å². The molecule has 13 heteroatoms. The first-order valence-corrected chi connectivity index (χ1v) is 16.4. The van der Waals surface area contributed by atoms with Gasteiger partial charge < -0.3 is 19.2 Å². The molecule has 13 nitrogen and oxygen atoms in total. The summed E-state index contributed by atoms with van der Waals surface area (Å²) in [4.78, 5) is 58.6. The molecule has 5 aromatic rings. The molecule has 0 saturated carbocycles. The van der Waals surface area contributed by atoms with Crippen LogP contribution in [0.25, 0.3) is 11.4 Å². The number of aromatic nitrogens is 4. The number of Topliss-reactive ketones (excluding diaryl/α,β-unsaturated/α-hetero) is 1. The van der Waals surface area contributed by atoms with Gasteiger partial charge in [-0.25, -0.2) is 9.78 Å². The summed E-state index contributed by atoms with van der Waals surface area (Å²) in [6.07, 6.45) is -0.858. The summed E-state index contributed by atoms with van der Waals surface area (Å²) < 4.78 is 17.6. The van der Waals surface area contributed by atoms with Gasteiger partial charge in [0.2, 0.25) is 17.6 Å². The van der Waals surface area contributed by atoms with Gasteiger partial charge in [-0.2, -0.15) is 0 Å². The molecule has 51 heavy (non-hydrogen) atoms. The number of rotatable bonds is 13. The summed E-state index contributed by atoms with van der Waals surface area (Å²) in [5, 5.41) is 13.4. The average molecular weight is 693 g/mol. The quantitative estimate of drug-likeness (QED) is 0.146. The van der Waals surface area contributed by atoms with Crippen LogP contribution in [0.1, 0.15) is 61.1 Å². The van der Waals surface area contributed by atoms with E-state index in [1.807, 2.05) is 62.4 Å². The minimum absolute atomic E-state index is 0.0109. The van der Waals surface area contributed by atoms with E-state index >= 15 is 0 Å². The van der Waals surface area contributed by atoms with E-state index in [1.54, 1.807) is 64.3 Å². The lowest BCUT2D eigenvalue weighted by atomic mass is 9.84. The number of carbonyl (C=O) groups excluding carboxylic acids is 3. The van der Waals surface area contributed by atoms with Crippen molar-refractivity contribution in [3.05, 3.63) is 124 Å². The van der Waals surface area contributed by atoms with Gasteiger partial charge in [0, 0.05) is 5.56 Å². The summed E-state index contributed by atoms with van der Waals surface area (Å²) in [6.45, 7) is 8.36. The second kappa shape index (κ2) is 15.6. The van der Waals surface area contributed by atoms with Gasteiger partial charge in [-0.15, -0.1) is 10.2 Å². The number of nitrogens with one attached hydrogen (secondary N) is 2. The Morgan fingerprint density at radius 3 is 2.20 bits per heavy atom. The lowest BCUT2D eigenvalue weighted by Crippen LogP contribution is -2.47. The highest BCUT2D eigenvalue weighted by Gasteiger charge is 2.34. The Balaban J connectivity index is 1.37. The zero-order valence-corrected chi connectivity index (χ0v) is 29.3. The summed E-state index contributed by atoms with van der Waals surface area (Å²) in [6, 6.07) is 24.3. The van der Waals surface area contributed by atoms with Crippen molar-refractivity contribution in [2.45, 2.75) is 59.2 Å². The molecule has 0 radical (unpaired) electrons.